The molecule has 10 heteroatoms. The number of hydrogen-bond donors (Lipinski definition) is 2. The van der Waals surface area contributed by atoms with Gasteiger partial charge in [0.1, 0.15) is 22.9 Å². The number of carbonyl (C=O) groups is 1. The average Bonchev–Trinajstić information content (AvgIpc) is 3.43. The van der Waals surface area contributed by atoms with Gasteiger partial charge in [-0.3, -0.25) is 13.8 Å². The SMILES string of the molecule is Cc1cccc(-c2nc(CNc3cc(Cl)ccc3F)cn2-c2ccc3ncc(C(N)=O)n3c2)n1. The Bertz CT molecular complexity index is 1540. The van der Waals surface area contributed by atoms with Gasteiger partial charge >= 0.3 is 0 Å². The second-order valence-corrected chi connectivity index (χ2v) is 8.13. The van der Waals surface area contributed by atoms with Crippen molar-refractivity contribution < 1.29 is 9.18 Å². The second-order valence-electron chi connectivity index (χ2n) is 7.69. The standard InChI is InChI=1S/C24H19ClFN7O/c1-14-3-2-4-19(30-14)24-31-16(10-28-20-9-15(25)5-7-18(20)26)12-32(24)17-6-8-22-29-11-21(23(27)34)33(22)13-17/h2-9,11-13,28H,10H2,1H3,(H2,27,34). The Morgan fingerprint density at radius 2 is 2.00 bits per heavy atom. The van der Waals surface area contributed by atoms with Crippen molar-refractivity contribution >= 4 is 28.8 Å². The van der Waals surface area contributed by atoms with Crippen LogP contribution in [0.4, 0.5) is 10.1 Å². The zero-order chi connectivity index (χ0) is 23.8. The Labute approximate surface area is 198 Å². The van der Waals surface area contributed by atoms with E-state index in [9.17, 15) is 9.18 Å². The number of pyridine rings is 2. The van der Waals surface area contributed by atoms with Crippen LogP contribution in [0.25, 0.3) is 22.9 Å². The molecule has 3 N–H and O–H groups in total. The van der Waals surface area contributed by atoms with Crippen molar-refractivity contribution in [3.8, 4) is 17.2 Å². The van der Waals surface area contributed by atoms with E-state index < -0.39 is 11.7 Å². The number of aryl methyl sites for hydroxylation is 1. The molecular weight excluding hydrogens is 457 g/mol. The van der Waals surface area contributed by atoms with E-state index in [2.05, 4.69) is 15.3 Å². The van der Waals surface area contributed by atoms with Gasteiger partial charge in [0.25, 0.3) is 5.91 Å². The maximum absolute atomic E-state index is 14.1. The van der Waals surface area contributed by atoms with Crippen LogP contribution in [0, 0.1) is 12.7 Å². The van der Waals surface area contributed by atoms with Crippen LogP contribution in [0.3, 0.4) is 0 Å². The highest BCUT2D eigenvalue weighted by Gasteiger charge is 2.16. The number of amides is 1. The van der Waals surface area contributed by atoms with Crippen molar-refractivity contribution in [1.29, 1.82) is 0 Å². The molecule has 0 radical (unpaired) electrons. The van der Waals surface area contributed by atoms with Crippen LogP contribution < -0.4 is 11.1 Å². The summed E-state index contributed by atoms with van der Waals surface area (Å²) in [6.07, 6.45) is 5.03. The number of nitrogens with two attached hydrogens (primary N) is 1. The first-order valence-electron chi connectivity index (χ1n) is 10.4. The predicted octanol–water partition coefficient (Wildman–Crippen LogP) is 4.39. The number of imidazole rings is 2. The third kappa shape index (κ3) is 4.08. The predicted molar refractivity (Wildman–Crippen MR) is 128 cm³/mol. The normalized spacial score (nSPS) is 11.1. The lowest BCUT2D eigenvalue weighted by molar-refractivity contribution is 0.0994. The molecule has 0 unspecified atom stereocenters. The van der Waals surface area contributed by atoms with Gasteiger partial charge in [0.15, 0.2) is 5.82 Å². The fourth-order valence-corrected chi connectivity index (χ4v) is 3.84. The lowest BCUT2D eigenvalue weighted by atomic mass is 10.3. The van der Waals surface area contributed by atoms with Gasteiger partial charge in [-0.15, -0.1) is 0 Å². The van der Waals surface area contributed by atoms with Crippen LogP contribution in [0.5, 0.6) is 0 Å². The van der Waals surface area contributed by atoms with Crippen molar-refractivity contribution in [2.75, 3.05) is 5.32 Å². The molecule has 4 heterocycles. The molecule has 0 bridgehead atoms. The lowest BCUT2D eigenvalue weighted by Crippen LogP contribution is -2.13. The molecule has 170 valence electrons. The number of nitrogens with one attached hydrogen (secondary N) is 1. The number of carbonyl (C=O) groups excluding carboxylic acids is 1. The van der Waals surface area contributed by atoms with Crippen LogP contribution in [0.2, 0.25) is 5.02 Å². The van der Waals surface area contributed by atoms with E-state index in [-0.39, 0.29) is 17.9 Å². The number of fused-ring (bicyclic) bond motifs is 1. The molecule has 1 aromatic carbocycles. The fraction of sp³-hybridized carbons (Fsp3) is 0.0833. The lowest BCUT2D eigenvalue weighted by Gasteiger charge is -2.09. The molecule has 8 nitrogen and oxygen atoms in total. The van der Waals surface area contributed by atoms with E-state index in [1.807, 2.05) is 42.0 Å². The van der Waals surface area contributed by atoms with Gasteiger partial charge in [0, 0.05) is 23.1 Å². The Morgan fingerprint density at radius 1 is 1.15 bits per heavy atom. The minimum Gasteiger partial charge on any atom is -0.377 e. The van der Waals surface area contributed by atoms with Crippen LogP contribution in [0.1, 0.15) is 21.9 Å². The van der Waals surface area contributed by atoms with E-state index in [0.717, 1.165) is 11.4 Å². The fourth-order valence-electron chi connectivity index (χ4n) is 3.67. The van der Waals surface area contributed by atoms with Crippen molar-refractivity contribution in [3.63, 3.8) is 0 Å². The molecule has 0 saturated heterocycles. The molecule has 5 rings (SSSR count). The third-order valence-electron chi connectivity index (χ3n) is 5.28. The number of benzene rings is 1. The van der Waals surface area contributed by atoms with Crippen LogP contribution in [-0.4, -0.2) is 29.8 Å². The van der Waals surface area contributed by atoms with E-state index in [4.69, 9.17) is 22.3 Å². The van der Waals surface area contributed by atoms with Gasteiger partial charge in [-0.2, -0.15) is 0 Å². The first kappa shape index (κ1) is 21.6. The van der Waals surface area contributed by atoms with Crippen molar-refractivity contribution in [2.45, 2.75) is 13.5 Å². The number of aromatic nitrogens is 5. The van der Waals surface area contributed by atoms with Gasteiger partial charge in [-0.25, -0.2) is 19.3 Å². The maximum atomic E-state index is 14.1. The van der Waals surface area contributed by atoms with Crippen molar-refractivity contribution in [3.05, 3.63) is 95.0 Å². The third-order valence-corrected chi connectivity index (χ3v) is 5.52. The molecule has 0 aliphatic rings. The first-order chi connectivity index (χ1) is 16.4. The summed E-state index contributed by atoms with van der Waals surface area (Å²) in [6, 6.07) is 13.6. The summed E-state index contributed by atoms with van der Waals surface area (Å²) < 4.78 is 17.6. The molecule has 0 atom stereocenters. The monoisotopic (exact) mass is 475 g/mol. The maximum Gasteiger partial charge on any atom is 0.267 e. The summed E-state index contributed by atoms with van der Waals surface area (Å²) in [5, 5.41) is 3.47. The summed E-state index contributed by atoms with van der Waals surface area (Å²) in [5.41, 5.74) is 9.52. The van der Waals surface area contributed by atoms with Gasteiger partial charge in [-0.1, -0.05) is 17.7 Å². The Hall–Kier alpha value is -4.24. The molecule has 0 aliphatic carbocycles. The Morgan fingerprint density at radius 3 is 2.79 bits per heavy atom. The molecule has 0 aliphatic heterocycles. The molecule has 34 heavy (non-hydrogen) atoms. The number of rotatable bonds is 6. The highest BCUT2D eigenvalue weighted by atomic mass is 35.5. The highest BCUT2D eigenvalue weighted by Crippen LogP contribution is 2.25. The summed E-state index contributed by atoms with van der Waals surface area (Å²) in [4.78, 5) is 25.4. The van der Waals surface area contributed by atoms with Crippen LogP contribution in [0.15, 0.2) is 67.1 Å². The highest BCUT2D eigenvalue weighted by molar-refractivity contribution is 6.30. The van der Waals surface area contributed by atoms with E-state index in [1.54, 1.807) is 16.7 Å². The van der Waals surface area contributed by atoms with Crippen LogP contribution >= 0.6 is 11.6 Å². The largest absolute Gasteiger partial charge is 0.377 e. The number of primary amides is 1. The number of hydrogen-bond acceptors (Lipinski definition) is 5. The van der Waals surface area contributed by atoms with Crippen LogP contribution in [-0.2, 0) is 6.54 Å². The molecule has 0 fully saturated rings. The smallest absolute Gasteiger partial charge is 0.267 e. The Balaban J connectivity index is 1.58. The molecule has 5 aromatic rings. The zero-order valence-corrected chi connectivity index (χ0v) is 18.8. The summed E-state index contributed by atoms with van der Waals surface area (Å²) in [6.45, 7) is 2.15. The quantitative estimate of drug-likeness (QED) is 0.379. The number of anilines is 1. The van der Waals surface area contributed by atoms with Gasteiger partial charge in [-0.05, 0) is 49.4 Å². The Kier molecular flexibility index (Phi) is 5.46. The van der Waals surface area contributed by atoms with E-state index in [1.165, 1.54) is 24.4 Å². The van der Waals surface area contributed by atoms with Crippen molar-refractivity contribution in [2.24, 2.45) is 5.73 Å². The van der Waals surface area contributed by atoms with E-state index >= 15 is 0 Å². The minimum absolute atomic E-state index is 0.253. The van der Waals surface area contributed by atoms with E-state index in [0.29, 0.717) is 27.9 Å². The molecular formula is C24H19ClFN7O. The van der Waals surface area contributed by atoms with Gasteiger partial charge in [0.2, 0.25) is 0 Å². The average molecular weight is 476 g/mol. The summed E-state index contributed by atoms with van der Waals surface area (Å²) in [7, 11) is 0. The molecule has 1 amide bonds. The number of halogens is 2. The van der Waals surface area contributed by atoms with Gasteiger partial charge < -0.3 is 11.1 Å². The summed E-state index contributed by atoms with van der Waals surface area (Å²) in [5.74, 6) is -0.398. The van der Waals surface area contributed by atoms with Crippen molar-refractivity contribution in [1.82, 2.24) is 23.9 Å². The first-order valence-corrected chi connectivity index (χ1v) is 10.8. The summed E-state index contributed by atoms with van der Waals surface area (Å²) >= 11 is 6.00. The topological polar surface area (TPSA) is 103 Å². The minimum atomic E-state index is -0.579. The van der Waals surface area contributed by atoms with Gasteiger partial charge in [0.05, 0.1) is 29.8 Å². The molecule has 0 saturated carbocycles. The zero-order valence-electron chi connectivity index (χ0n) is 18.0. The second kappa shape index (κ2) is 8.60. The number of nitrogens with zero attached hydrogens (tertiary/aromatic N) is 5. The molecule has 4 aromatic heterocycles. The molecule has 0 spiro atoms.